The maximum absolute atomic E-state index is 4.36. The van der Waals surface area contributed by atoms with Crippen LogP contribution >= 0.6 is 12.4 Å². The SMILES string of the molecule is CCCCn1nc2ccccc2n1.Cl. The number of rotatable bonds is 3. The number of nitrogens with zero attached hydrogens (tertiary/aromatic N) is 3. The lowest BCUT2D eigenvalue weighted by Crippen LogP contribution is -2.01. The Morgan fingerprint density at radius 1 is 1.14 bits per heavy atom. The molecular formula is C10H14ClN3. The molecule has 2 aromatic rings. The van der Waals surface area contributed by atoms with Gasteiger partial charge in [0, 0.05) is 0 Å². The number of benzene rings is 1. The van der Waals surface area contributed by atoms with Gasteiger partial charge >= 0.3 is 0 Å². The second-order valence-electron chi connectivity index (χ2n) is 3.14. The van der Waals surface area contributed by atoms with E-state index in [-0.39, 0.29) is 12.4 Å². The molecule has 1 heterocycles. The summed E-state index contributed by atoms with van der Waals surface area (Å²) < 4.78 is 0. The summed E-state index contributed by atoms with van der Waals surface area (Å²) in [6.45, 7) is 3.09. The highest BCUT2D eigenvalue weighted by Crippen LogP contribution is 2.07. The van der Waals surface area contributed by atoms with Crippen LogP contribution in [0.1, 0.15) is 19.8 Å². The van der Waals surface area contributed by atoms with Crippen LogP contribution in [0.15, 0.2) is 24.3 Å². The molecule has 3 nitrogen and oxygen atoms in total. The van der Waals surface area contributed by atoms with Crippen molar-refractivity contribution in [1.82, 2.24) is 15.0 Å². The molecule has 1 aromatic carbocycles. The summed E-state index contributed by atoms with van der Waals surface area (Å²) in [5.41, 5.74) is 1.97. The van der Waals surface area contributed by atoms with Crippen molar-refractivity contribution in [2.45, 2.75) is 26.3 Å². The van der Waals surface area contributed by atoms with Gasteiger partial charge in [0.2, 0.25) is 0 Å². The lowest BCUT2D eigenvalue weighted by atomic mass is 10.3. The number of hydrogen-bond acceptors (Lipinski definition) is 2. The molecule has 0 saturated heterocycles. The number of fused-ring (bicyclic) bond motifs is 1. The average molecular weight is 212 g/mol. The Morgan fingerprint density at radius 2 is 1.71 bits per heavy atom. The lowest BCUT2D eigenvalue weighted by Gasteiger charge is -1.94. The maximum Gasteiger partial charge on any atom is 0.113 e. The predicted octanol–water partition coefficient (Wildman–Crippen LogP) is 2.65. The Hall–Kier alpha value is -1.09. The minimum Gasteiger partial charge on any atom is -0.184 e. The van der Waals surface area contributed by atoms with Crippen molar-refractivity contribution < 1.29 is 0 Å². The van der Waals surface area contributed by atoms with Gasteiger partial charge in [-0.05, 0) is 18.6 Å². The van der Waals surface area contributed by atoms with Gasteiger partial charge < -0.3 is 0 Å². The molecule has 0 amide bonds. The second-order valence-corrected chi connectivity index (χ2v) is 3.14. The van der Waals surface area contributed by atoms with Gasteiger partial charge in [-0.1, -0.05) is 25.5 Å². The summed E-state index contributed by atoms with van der Waals surface area (Å²) in [7, 11) is 0. The number of hydrogen-bond donors (Lipinski definition) is 0. The van der Waals surface area contributed by atoms with Gasteiger partial charge in [-0.2, -0.15) is 15.0 Å². The molecule has 0 unspecified atom stereocenters. The van der Waals surface area contributed by atoms with E-state index in [1.54, 1.807) is 4.80 Å². The van der Waals surface area contributed by atoms with Gasteiger partial charge in [0.05, 0.1) is 6.54 Å². The quantitative estimate of drug-likeness (QED) is 0.782. The molecule has 4 heteroatoms. The molecule has 0 saturated carbocycles. The molecule has 0 bridgehead atoms. The molecule has 0 spiro atoms. The van der Waals surface area contributed by atoms with E-state index < -0.39 is 0 Å². The van der Waals surface area contributed by atoms with E-state index in [9.17, 15) is 0 Å². The Morgan fingerprint density at radius 3 is 2.21 bits per heavy atom. The zero-order valence-electron chi connectivity index (χ0n) is 8.18. The Kier molecular flexibility index (Phi) is 3.89. The fourth-order valence-corrected chi connectivity index (χ4v) is 1.30. The highest BCUT2D eigenvalue weighted by atomic mass is 35.5. The monoisotopic (exact) mass is 211 g/mol. The van der Waals surface area contributed by atoms with Crippen molar-refractivity contribution in [2.24, 2.45) is 0 Å². The first kappa shape index (κ1) is 11.0. The minimum absolute atomic E-state index is 0. The smallest absolute Gasteiger partial charge is 0.113 e. The van der Waals surface area contributed by atoms with Crippen LogP contribution < -0.4 is 0 Å². The van der Waals surface area contributed by atoms with Crippen molar-refractivity contribution in [3.8, 4) is 0 Å². The van der Waals surface area contributed by atoms with Gasteiger partial charge in [-0.15, -0.1) is 12.4 Å². The summed E-state index contributed by atoms with van der Waals surface area (Å²) in [6, 6.07) is 7.96. The summed E-state index contributed by atoms with van der Waals surface area (Å²) in [5, 5.41) is 8.71. The Bertz CT molecular complexity index is 364. The average Bonchev–Trinajstić information content (AvgIpc) is 2.57. The molecule has 14 heavy (non-hydrogen) atoms. The lowest BCUT2D eigenvalue weighted by molar-refractivity contribution is 0.514. The number of halogens is 1. The van der Waals surface area contributed by atoms with Crippen LogP contribution in [0.4, 0.5) is 0 Å². The summed E-state index contributed by atoms with van der Waals surface area (Å²) >= 11 is 0. The van der Waals surface area contributed by atoms with Gasteiger partial charge in [0.25, 0.3) is 0 Å². The largest absolute Gasteiger partial charge is 0.184 e. The van der Waals surface area contributed by atoms with E-state index in [4.69, 9.17) is 0 Å². The first-order valence-corrected chi connectivity index (χ1v) is 4.70. The number of aromatic nitrogens is 3. The third kappa shape index (κ3) is 2.23. The molecule has 0 radical (unpaired) electrons. The topological polar surface area (TPSA) is 30.7 Å². The maximum atomic E-state index is 4.36. The summed E-state index contributed by atoms with van der Waals surface area (Å²) in [5.74, 6) is 0. The standard InChI is InChI=1S/C10H13N3.ClH/c1-2-3-8-13-11-9-6-4-5-7-10(9)12-13;/h4-7H,2-3,8H2,1H3;1H. The normalized spacial score (nSPS) is 10.1. The zero-order valence-corrected chi connectivity index (χ0v) is 9.00. The van der Waals surface area contributed by atoms with E-state index in [0.29, 0.717) is 0 Å². The molecule has 76 valence electrons. The second kappa shape index (κ2) is 4.96. The third-order valence-electron chi connectivity index (χ3n) is 2.04. The van der Waals surface area contributed by atoms with E-state index in [1.807, 2.05) is 24.3 Å². The fourth-order valence-electron chi connectivity index (χ4n) is 1.30. The molecule has 0 N–H and O–H groups in total. The molecule has 1 aromatic heterocycles. The molecule has 0 atom stereocenters. The van der Waals surface area contributed by atoms with Gasteiger partial charge in [0.1, 0.15) is 11.0 Å². The molecule has 0 aliphatic heterocycles. The number of aryl methyl sites for hydroxylation is 1. The summed E-state index contributed by atoms with van der Waals surface area (Å²) in [4.78, 5) is 1.79. The molecule has 0 aliphatic rings. The zero-order chi connectivity index (χ0) is 9.10. The van der Waals surface area contributed by atoms with Crippen LogP contribution in [0.2, 0.25) is 0 Å². The van der Waals surface area contributed by atoms with Crippen LogP contribution in [-0.2, 0) is 6.54 Å². The van der Waals surface area contributed by atoms with Gasteiger partial charge in [0.15, 0.2) is 0 Å². The molecular weight excluding hydrogens is 198 g/mol. The predicted molar refractivity (Wildman–Crippen MR) is 59.7 cm³/mol. The van der Waals surface area contributed by atoms with Crippen LogP contribution in [-0.4, -0.2) is 15.0 Å². The van der Waals surface area contributed by atoms with Crippen molar-refractivity contribution in [3.63, 3.8) is 0 Å². The van der Waals surface area contributed by atoms with Crippen LogP contribution in [0.5, 0.6) is 0 Å². The Balaban J connectivity index is 0.000000980. The van der Waals surface area contributed by atoms with Crippen LogP contribution in [0.25, 0.3) is 11.0 Å². The van der Waals surface area contributed by atoms with E-state index in [1.165, 1.54) is 6.42 Å². The summed E-state index contributed by atoms with van der Waals surface area (Å²) in [6.07, 6.45) is 2.32. The molecule has 0 aliphatic carbocycles. The first-order chi connectivity index (χ1) is 6.40. The Labute approximate surface area is 89.5 Å². The highest BCUT2D eigenvalue weighted by Gasteiger charge is 1.99. The third-order valence-corrected chi connectivity index (χ3v) is 2.04. The van der Waals surface area contributed by atoms with E-state index in [0.717, 1.165) is 24.0 Å². The van der Waals surface area contributed by atoms with Crippen molar-refractivity contribution in [3.05, 3.63) is 24.3 Å². The van der Waals surface area contributed by atoms with Crippen molar-refractivity contribution in [2.75, 3.05) is 0 Å². The van der Waals surface area contributed by atoms with Crippen molar-refractivity contribution >= 4 is 23.4 Å². The van der Waals surface area contributed by atoms with Gasteiger partial charge in [-0.25, -0.2) is 0 Å². The number of unbranched alkanes of at least 4 members (excludes halogenated alkanes) is 1. The van der Waals surface area contributed by atoms with Gasteiger partial charge in [-0.3, -0.25) is 0 Å². The van der Waals surface area contributed by atoms with Crippen molar-refractivity contribution in [1.29, 1.82) is 0 Å². The first-order valence-electron chi connectivity index (χ1n) is 4.70. The van der Waals surface area contributed by atoms with E-state index in [2.05, 4.69) is 17.1 Å². The minimum atomic E-state index is 0. The molecule has 0 fully saturated rings. The van der Waals surface area contributed by atoms with E-state index >= 15 is 0 Å². The van der Waals surface area contributed by atoms with Crippen LogP contribution in [0, 0.1) is 0 Å². The fraction of sp³-hybridized carbons (Fsp3) is 0.400. The highest BCUT2D eigenvalue weighted by molar-refractivity contribution is 5.85. The molecule has 2 rings (SSSR count). The van der Waals surface area contributed by atoms with Crippen LogP contribution in [0.3, 0.4) is 0 Å².